The molecule has 0 saturated heterocycles. The molecule has 0 amide bonds. The first-order chi connectivity index (χ1) is 9.79. The van der Waals surface area contributed by atoms with E-state index in [1.54, 1.807) is 0 Å². The van der Waals surface area contributed by atoms with Crippen LogP contribution in [0.2, 0.25) is 0 Å². The van der Waals surface area contributed by atoms with Gasteiger partial charge < -0.3 is 10.2 Å². The summed E-state index contributed by atoms with van der Waals surface area (Å²) in [6, 6.07) is 4.41. The van der Waals surface area contributed by atoms with Gasteiger partial charge in [0.05, 0.1) is 0 Å². The van der Waals surface area contributed by atoms with Crippen LogP contribution in [0.1, 0.15) is 58.7 Å². The Hall–Kier alpha value is -1.35. The molecule has 0 bridgehead atoms. The van der Waals surface area contributed by atoms with Gasteiger partial charge in [-0.05, 0) is 50.9 Å². The molecule has 3 nitrogen and oxygen atoms in total. The standard InChI is InChI=1S/C18H31N3/c1-8-10-21(18(5,6)7)17-12-15(13-19-9-2)11-16(20-17)14(3)4/h8,11-12,14,19H,1,9-10,13H2,2-7H3. The molecular formula is C18H31N3. The Kier molecular flexibility index (Phi) is 6.41. The van der Waals surface area contributed by atoms with E-state index >= 15 is 0 Å². The fraction of sp³-hybridized carbons (Fsp3) is 0.611. The minimum absolute atomic E-state index is 0.0201. The summed E-state index contributed by atoms with van der Waals surface area (Å²) in [5.74, 6) is 1.47. The van der Waals surface area contributed by atoms with E-state index in [-0.39, 0.29) is 5.54 Å². The van der Waals surface area contributed by atoms with Crippen LogP contribution in [0.5, 0.6) is 0 Å². The normalized spacial score (nSPS) is 11.8. The minimum atomic E-state index is 0.0201. The molecule has 118 valence electrons. The summed E-state index contributed by atoms with van der Waals surface area (Å²) in [4.78, 5) is 7.18. The summed E-state index contributed by atoms with van der Waals surface area (Å²) >= 11 is 0. The molecule has 1 heterocycles. The summed E-state index contributed by atoms with van der Waals surface area (Å²) < 4.78 is 0. The van der Waals surface area contributed by atoms with Crippen LogP contribution in [0, 0.1) is 0 Å². The van der Waals surface area contributed by atoms with Gasteiger partial charge in [0.25, 0.3) is 0 Å². The maximum atomic E-state index is 4.88. The largest absolute Gasteiger partial charge is 0.348 e. The van der Waals surface area contributed by atoms with E-state index in [1.807, 2.05) is 6.08 Å². The van der Waals surface area contributed by atoms with Crippen LogP contribution in [-0.2, 0) is 6.54 Å². The first kappa shape index (κ1) is 17.7. The first-order valence-corrected chi connectivity index (χ1v) is 7.89. The fourth-order valence-corrected chi connectivity index (χ4v) is 2.24. The molecule has 0 aromatic carbocycles. The zero-order chi connectivity index (χ0) is 16.0. The second-order valence-corrected chi connectivity index (χ2v) is 6.76. The van der Waals surface area contributed by atoms with Gasteiger partial charge in [-0.2, -0.15) is 0 Å². The van der Waals surface area contributed by atoms with Gasteiger partial charge in [-0.3, -0.25) is 0 Å². The van der Waals surface area contributed by atoms with Crippen molar-refractivity contribution in [2.45, 2.75) is 59.5 Å². The molecule has 1 N–H and O–H groups in total. The quantitative estimate of drug-likeness (QED) is 0.766. The third kappa shape index (κ3) is 5.16. The number of hydrogen-bond donors (Lipinski definition) is 1. The zero-order valence-corrected chi connectivity index (χ0v) is 14.5. The molecule has 0 spiro atoms. The van der Waals surface area contributed by atoms with Gasteiger partial charge in [0.1, 0.15) is 5.82 Å². The Morgan fingerprint density at radius 2 is 2.00 bits per heavy atom. The average Bonchev–Trinajstić information content (AvgIpc) is 2.40. The SMILES string of the molecule is C=CCN(c1cc(CNCC)cc(C(C)C)n1)C(C)(C)C. The molecule has 0 saturated carbocycles. The van der Waals surface area contributed by atoms with Crippen LogP contribution in [-0.4, -0.2) is 23.6 Å². The van der Waals surface area contributed by atoms with E-state index in [2.05, 4.69) is 70.5 Å². The molecule has 0 fully saturated rings. The highest BCUT2D eigenvalue weighted by molar-refractivity contribution is 5.46. The third-order valence-corrected chi connectivity index (χ3v) is 3.46. The lowest BCUT2D eigenvalue weighted by Gasteiger charge is -2.36. The summed E-state index contributed by atoms with van der Waals surface area (Å²) in [6.45, 7) is 19.7. The van der Waals surface area contributed by atoms with Crippen LogP contribution in [0.25, 0.3) is 0 Å². The molecule has 0 radical (unpaired) electrons. The molecule has 1 rings (SSSR count). The summed E-state index contributed by atoms with van der Waals surface area (Å²) in [7, 11) is 0. The summed E-state index contributed by atoms with van der Waals surface area (Å²) in [5, 5.41) is 3.40. The molecule has 1 aromatic rings. The van der Waals surface area contributed by atoms with E-state index in [1.165, 1.54) is 5.56 Å². The lowest BCUT2D eigenvalue weighted by molar-refractivity contribution is 0.516. The Morgan fingerprint density at radius 1 is 1.33 bits per heavy atom. The summed E-state index contributed by atoms with van der Waals surface area (Å²) in [6.07, 6.45) is 1.94. The van der Waals surface area contributed by atoms with Crippen molar-refractivity contribution < 1.29 is 0 Å². The predicted octanol–water partition coefficient (Wildman–Crippen LogP) is 4.11. The van der Waals surface area contributed by atoms with Crippen molar-refractivity contribution in [3.8, 4) is 0 Å². The predicted molar refractivity (Wildman–Crippen MR) is 93.0 cm³/mol. The van der Waals surface area contributed by atoms with E-state index in [4.69, 9.17) is 4.98 Å². The number of nitrogens with one attached hydrogen (secondary N) is 1. The van der Waals surface area contributed by atoms with Crippen molar-refractivity contribution in [3.63, 3.8) is 0 Å². The van der Waals surface area contributed by atoms with Crippen LogP contribution < -0.4 is 10.2 Å². The van der Waals surface area contributed by atoms with Crippen molar-refractivity contribution in [2.24, 2.45) is 0 Å². The maximum Gasteiger partial charge on any atom is 0.129 e. The maximum absolute atomic E-state index is 4.88. The van der Waals surface area contributed by atoms with Crippen molar-refractivity contribution in [1.82, 2.24) is 10.3 Å². The smallest absolute Gasteiger partial charge is 0.129 e. The molecule has 0 aliphatic rings. The molecule has 21 heavy (non-hydrogen) atoms. The van der Waals surface area contributed by atoms with Crippen LogP contribution in [0.15, 0.2) is 24.8 Å². The van der Waals surface area contributed by atoms with Crippen molar-refractivity contribution in [1.29, 1.82) is 0 Å². The molecule has 3 heteroatoms. The lowest BCUT2D eigenvalue weighted by Crippen LogP contribution is -2.42. The van der Waals surface area contributed by atoms with Gasteiger partial charge in [0.2, 0.25) is 0 Å². The molecule has 0 atom stereocenters. The Bertz CT molecular complexity index is 458. The van der Waals surface area contributed by atoms with E-state index < -0.39 is 0 Å². The van der Waals surface area contributed by atoms with Gasteiger partial charge >= 0.3 is 0 Å². The van der Waals surface area contributed by atoms with Gasteiger partial charge in [0, 0.05) is 24.3 Å². The lowest BCUT2D eigenvalue weighted by atomic mass is 10.0. The van der Waals surface area contributed by atoms with Gasteiger partial charge in [-0.15, -0.1) is 6.58 Å². The van der Waals surface area contributed by atoms with Crippen LogP contribution >= 0.6 is 0 Å². The second kappa shape index (κ2) is 7.60. The topological polar surface area (TPSA) is 28.2 Å². The van der Waals surface area contributed by atoms with Crippen LogP contribution in [0.3, 0.4) is 0 Å². The molecular weight excluding hydrogens is 258 g/mol. The molecule has 0 aliphatic carbocycles. The molecule has 1 aromatic heterocycles. The molecule has 0 aliphatic heterocycles. The van der Waals surface area contributed by atoms with Crippen LogP contribution in [0.4, 0.5) is 5.82 Å². The summed E-state index contributed by atoms with van der Waals surface area (Å²) in [5.41, 5.74) is 2.47. The number of anilines is 1. The fourth-order valence-electron chi connectivity index (χ4n) is 2.24. The van der Waals surface area contributed by atoms with Crippen molar-refractivity contribution in [2.75, 3.05) is 18.0 Å². The van der Waals surface area contributed by atoms with E-state index in [0.717, 1.165) is 31.1 Å². The molecule has 0 unspecified atom stereocenters. The average molecular weight is 289 g/mol. The third-order valence-electron chi connectivity index (χ3n) is 3.46. The van der Waals surface area contributed by atoms with Gasteiger partial charge in [-0.1, -0.05) is 26.8 Å². The Labute approximate surface area is 130 Å². The minimum Gasteiger partial charge on any atom is -0.348 e. The van der Waals surface area contributed by atoms with Gasteiger partial charge in [0.15, 0.2) is 0 Å². The van der Waals surface area contributed by atoms with Crippen molar-refractivity contribution >= 4 is 5.82 Å². The number of rotatable bonds is 7. The number of hydrogen-bond acceptors (Lipinski definition) is 3. The second-order valence-electron chi connectivity index (χ2n) is 6.76. The highest BCUT2D eigenvalue weighted by Gasteiger charge is 2.22. The first-order valence-electron chi connectivity index (χ1n) is 7.89. The Balaban J connectivity index is 3.24. The number of nitrogens with zero attached hydrogens (tertiary/aromatic N) is 2. The number of aromatic nitrogens is 1. The van der Waals surface area contributed by atoms with Gasteiger partial charge in [-0.25, -0.2) is 4.98 Å². The number of pyridine rings is 1. The Morgan fingerprint density at radius 3 is 2.48 bits per heavy atom. The van der Waals surface area contributed by atoms with E-state index in [0.29, 0.717) is 5.92 Å². The monoisotopic (exact) mass is 289 g/mol. The highest BCUT2D eigenvalue weighted by atomic mass is 15.2. The van der Waals surface area contributed by atoms with E-state index in [9.17, 15) is 0 Å². The zero-order valence-electron chi connectivity index (χ0n) is 14.5. The highest BCUT2D eigenvalue weighted by Crippen LogP contribution is 2.25. The van der Waals surface area contributed by atoms with Crippen molar-refractivity contribution in [3.05, 3.63) is 36.0 Å².